The summed E-state index contributed by atoms with van der Waals surface area (Å²) in [6, 6.07) is 10.0. The zero-order chi connectivity index (χ0) is 15.5. The molecule has 1 fully saturated rings. The van der Waals surface area contributed by atoms with Crippen LogP contribution < -0.4 is 5.32 Å². The molecule has 1 aliphatic heterocycles. The van der Waals surface area contributed by atoms with E-state index in [1.165, 1.54) is 4.90 Å². The second kappa shape index (κ2) is 6.13. The molecule has 2 heterocycles. The summed E-state index contributed by atoms with van der Waals surface area (Å²) in [5.74, 6) is -0.138. The molecule has 0 bridgehead atoms. The summed E-state index contributed by atoms with van der Waals surface area (Å²) in [5, 5.41) is 4.40. The number of pyridine rings is 1. The van der Waals surface area contributed by atoms with Crippen molar-refractivity contribution in [3.63, 3.8) is 0 Å². The number of carbonyl (C=O) groups is 2. The van der Waals surface area contributed by atoms with E-state index >= 15 is 0 Å². The van der Waals surface area contributed by atoms with E-state index in [9.17, 15) is 9.59 Å². The number of anilines is 1. The van der Waals surface area contributed by atoms with Crippen molar-refractivity contribution in [2.75, 3.05) is 18.4 Å². The maximum Gasteiger partial charge on any atom is 0.229 e. The molecular formula is C17H19N3O2. The predicted octanol–water partition coefficient (Wildman–Crippen LogP) is 2.36. The molecule has 2 aromatic rings. The molecule has 3 rings (SSSR count). The van der Waals surface area contributed by atoms with Gasteiger partial charge in [0, 0.05) is 42.7 Å². The number of benzene rings is 1. The van der Waals surface area contributed by atoms with Crippen LogP contribution in [0.15, 0.2) is 30.3 Å². The smallest absolute Gasteiger partial charge is 0.229 e. The fraction of sp³-hybridized carbons (Fsp3) is 0.353. The predicted molar refractivity (Wildman–Crippen MR) is 85.6 cm³/mol. The summed E-state index contributed by atoms with van der Waals surface area (Å²) in [7, 11) is 0. The van der Waals surface area contributed by atoms with E-state index in [2.05, 4.69) is 17.2 Å². The molecule has 0 spiro atoms. The topological polar surface area (TPSA) is 62.3 Å². The molecule has 5 heteroatoms. The standard InChI is InChI=1S/C17H19N3O2/c1-2-12-11-15(13-5-3-4-6-14(13)19-12)18-9-10-20-16(21)7-8-17(20)22/h3-6,11H,2,7-10H2,1H3,(H,18,19). The number of rotatable bonds is 5. The third-order valence-corrected chi connectivity index (χ3v) is 3.94. The van der Waals surface area contributed by atoms with Gasteiger partial charge in [0.2, 0.25) is 11.8 Å². The molecular weight excluding hydrogens is 278 g/mol. The van der Waals surface area contributed by atoms with Gasteiger partial charge in [-0.2, -0.15) is 0 Å². The van der Waals surface area contributed by atoms with Crippen LogP contribution in [-0.4, -0.2) is 34.8 Å². The maximum atomic E-state index is 11.6. The lowest BCUT2D eigenvalue weighted by Gasteiger charge is -2.16. The third-order valence-electron chi connectivity index (χ3n) is 3.94. The van der Waals surface area contributed by atoms with Crippen LogP contribution in [0.4, 0.5) is 5.69 Å². The van der Waals surface area contributed by atoms with E-state index < -0.39 is 0 Å². The number of para-hydroxylation sites is 1. The van der Waals surface area contributed by atoms with Gasteiger partial charge in [-0.05, 0) is 18.6 Å². The van der Waals surface area contributed by atoms with E-state index in [0.717, 1.165) is 28.7 Å². The van der Waals surface area contributed by atoms with E-state index in [1.54, 1.807) is 0 Å². The minimum Gasteiger partial charge on any atom is -0.383 e. The van der Waals surface area contributed by atoms with E-state index in [0.29, 0.717) is 25.9 Å². The quantitative estimate of drug-likeness (QED) is 0.861. The lowest BCUT2D eigenvalue weighted by atomic mass is 10.1. The Kier molecular flexibility index (Phi) is 4.04. The van der Waals surface area contributed by atoms with Gasteiger partial charge in [-0.3, -0.25) is 19.5 Å². The second-order valence-corrected chi connectivity index (χ2v) is 5.40. The minimum atomic E-state index is -0.0689. The maximum absolute atomic E-state index is 11.6. The van der Waals surface area contributed by atoms with Crippen molar-refractivity contribution >= 4 is 28.4 Å². The highest BCUT2D eigenvalue weighted by molar-refractivity contribution is 6.02. The van der Waals surface area contributed by atoms with Crippen molar-refractivity contribution in [1.29, 1.82) is 0 Å². The van der Waals surface area contributed by atoms with Crippen LogP contribution in [0.2, 0.25) is 0 Å². The molecule has 1 saturated heterocycles. The first-order chi connectivity index (χ1) is 10.7. The number of hydrogen-bond donors (Lipinski definition) is 1. The van der Waals surface area contributed by atoms with E-state index in [4.69, 9.17) is 0 Å². The average molecular weight is 297 g/mol. The van der Waals surface area contributed by atoms with Crippen molar-refractivity contribution in [2.24, 2.45) is 0 Å². The average Bonchev–Trinajstić information content (AvgIpc) is 2.86. The van der Waals surface area contributed by atoms with Gasteiger partial charge in [-0.25, -0.2) is 0 Å². The minimum absolute atomic E-state index is 0.0689. The Bertz CT molecular complexity index is 711. The first-order valence-corrected chi connectivity index (χ1v) is 7.64. The number of fused-ring (bicyclic) bond motifs is 1. The van der Waals surface area contributed by atoms with Crippen molar-refractivity contribution in [1.82, 2.24) is 9.88 Å². The summed E-state index contributed by atoms with van der Waals surface area (Å²) in [6.07, 6.45) is 1.55. The van der Waals surface area contributed by atoms with Gasteiger partial charge >= 0.3 is 0 Å². The van der Waals surface area contributed by atoms with Gasteiger partial charge in [0.1, 0.15) is 0 Å². The highest BCUT2D eigenvalue weighted by Crippen LogP contribution is 2.23. The highest BCUT2D eigenvalue weighted by Gasteiger charge is 2.28. The van der Waals surface area contributed by atoms with Crippen LogP contribution in [0.3, 0.4) is 0 Å². The Labute approximate surface area is 129 Å². The number of aryl methyl sites for hydroxylation is 1. The molecule has 1 aromatic carbocycles. The summed E-state index contributed by atoms with van der Waals surface area (Å²) < 4.78 is 0. The Morgan fingerprint density at radius 1 is 1.18 bits per heavy atom. The summed E-state index contributed by atoms with van der Waals surface area (Å²) in [4.78, 5) is 29.2. The molecule has 0 saturated carbocycles. The molecule has 1 aromatic heterocycles. The Balaban J connectivity index is 1.76. The Hall–Kier alpha value is -2.43. The number of likely N-dealkylation sites (tertiary alicyclic amines) is 1. The normalized spacial score (nSPS) is 14.9. The molecule has 22 heavy (non-hydrogen) atoms. The molecule has 1 N–H and O–H groups in total. The van der Waals surface area contributed by atoms with Crippen LogP contribution in [0.5, 0.6) is 0 Å². The van der Waals surface area contributed by atoms with Crippen molar-refractivity contribution in [2.45, 2.75) is 26.2 Å². The number of nitrogens with one attached hydrogen (secondary N) is 1. The number of aromatic nitrogens is 1. The van der Waals surface area contributed by atoms with Crippen LogP contribution in [-0.2, 0) is 16.0 Å². The number of hydrogen-bond acceptors (Lipinski definition) is 4. The fourth-order valence-electron chi connectivity index (χ4n) is 2.73. The number of imide groups is 1. The Morgan fingerprint density at radius 3 is 2.64 bits per heavy atom. The first kappa shape index (κ1) is 14.5. The van der Waals surface area contributed by atoms with E-state index in [1.807, 2.05) is 30.3 Å². The SMILES string of the molecule is CCc1cc(NCCN2C(=O)CCC2=O)c2ccccc2n1. The summed E-state index contributed by atoms with van der Waals surface area (Å²) in [5.41, 5.74) is 2.98. The fourth-order valence-corrected chi connectivity index (χ4v) is 2.73. The summed E-state index contributed by atoms with van der Waals surface area (Å²) >= 11 is 0. The lowest BCUT2D eigenvalue weighted by molar-refractivity contribution is -0.138. The van der Waals surface area contributed by atoms with Gasteiger partial charge in [-0.1, -0.05) is 25.1 Å². The van der Waals surface area contributed by atoms with Crippen LogP contribution in [0.1, 0.15) is 25.5 Å². The number of nitrogens with zero attached hydrogens (tertiary/aromatic N) is 2. The van der Waals surface area contributed by atoms with Gasteiger partial charge < -0.3 is 5.32 Å². The molecule has 0 radical (unpaired) electrons. The molecule has 114 valence electrons. The van der Waals surface area contributed by atoms with Gasteiger partial charge in [0.25, 0.3) is 0 Å². The van der Waals surface area contributed by atoms with Crippen LogP contribution >= 0.6 is 0 Å². The first-order valence-electron chi connectivity index (χ1n) is 7.64. The highest BCUT2D eigenvalue weighted by atomic mass is 16.2. The number of amides is 2. The van der Waals surface area contributed by atoms with Crippen molar-refractivity contribution in [3.8, 4) is 0 Å². The largest absolute Gasteiger partial charge is 0.383 e. The zero-order valence-corrected chi connectivity index (χ0v) is 12.6. The zero-order valence-electron chi connectivity index (χ0n) is 12.6. The van der Waals surface area contributed by atoms with E-state index in [-0.39, 0.29) is 11.8 Å². The van der Waals surface area contributed by atoms with Gasteiger partial charge in [0.15, 0.2) is 0 Å². The molecule has 0 aliphatic carbocycles. The van der Waals surface area contributed by atoms with Crippen LogP contribution in [0.25, 0.3) is 10.9 Å². The van der Waals surface area contributed by atoms with Gasteiger partial charge in [-0.15, -0.1) is 0 Å². The number of carbonyl (C=O) groups excluding carboxylic acids is 2. The van der Waals surface area contributed by atoms with Crippen molar-refractivity contribution in [3.05, 3.63) is 36.0 Å². The summed E-state index contributed by atoms with van der Waals surface area (Å²) in [6.45, 7) is 3.03. The molecule has 1 aliphatic rings. The molecule has 0 unspecified atom stereocenters. The van der Waals surface area contributed by atoms with Crippen molar-refractivity contribution < 1.29 is 9.59 Å². The lowest BCUT2D eigenvalue weighted by Crippen LogP contribution is -2.33. The van der Waals surface area contributed by atoms with Gasteiger partial charge in [0.05, 0.1) is 5.52 Å². The monoisotopic (exact) mass is 297 g/mol. The molecule has 0 atom stereocenters. The molecule has 5 nitrogen and oxygen atoms in total. The Morgan fingerprint density at radius 2 is 1.91 bits per heavy atom. The third kappa shape index (κ3) is 2.79. The molecule has 2 amide bonds. The second-order valence-electron chi connectivity index (χ2n) is 5.40. The van der Waals surface area contributed by atoms with Crippen LogP contribution in [0, 0.1) is 0 Å².